The predicted octanol–water partition coefficient (Wildman–Crippen LogP) is 4.23. The zero-order valence-electron chi connectivity index (χ0n) is 16.8. The van der Waals surface area contributed by atoms with Crippen molar-refractivity contribution < 1.29 is 23.1 Å². The summed E-state index contributed by atoms with van der Waals surface area (Å²) in [7, 11) is 3.26. The average Bonchev–Trinajstić information content (AvgIpc) is 2.65. The summed E-state index contributed by atoms with van der Waals surface area (Å²) in [5.74, 6) is -2.88. The molecule has 0 saturated heterocycles. The van der Waals surface area contributed by atoms with Gasteiger partial charge in [0.15, 0.2) is 11.6 Å². The molecule has 0 bridgehead atoms. The van der Waals surface area contributed by atoms with Crippen molar-refractivity contribution in [1.82, 2.24) is 5.32 Å². The summed E-state index contributed by atoms with van der Waals surface area (Å²) in [6.07, 6.45) is 9.63. The zero-order valence-corrected chi connectivity index (χ0v) is 16.8. The van der Waals surface area contributed by atoms with Crippen molar-refractivity contribution in [3.05, 3.63) is 71.0 Å². The lowest BCUT2D eigenvalue weighted by atomic mass is 9.91. The number of hydrogen-bond acceptors (Lipinski definition) is 4. The minimum Gasteiger partial charge on any atom is -0.388 e. The van der Waals surface area contributed by atoms with Crippen molar-refractivity contribution in [3.8, 4) is 0 Å². The SMILES string of the molecule is C=CC(F)(F)C1=C/C=C(NC)\C=C\C=C\1C.COCC1=C(C)C(=O)CCC1=O. The molecule has 0 aliphatic heterocycles. The molecule has 4 nitrogen and oxygen atoms in total. The summed E-state index contributed by atoms with van der Waals surface area (Å²) < 4.78 is 31.9. The Kier molecular flexibility index (Phi) is 8.92. The number of ether oxygens (including phenoxy) is 1. The van der Waals surface area contributed by atoms with Crippen LogP contribution >= 0.6 is 0 Å². The molecule has 0 atom stereocenters. The summed E-state index contributed by atoms with van der Waals surface area (Å²) in [6.45, 7) is 6.77. The molecule has 0 saturated carbocycles. The normalized spacial score (nSPS) is 24.3. The number of ketones is 2. The highest BCUT2D eigenvalue weighted by atomic mass is 19.3. The first-order valence-corrected chi connectivity index (χ1v) is 8.90. The Balaban J connectivity index is 0.000000292. The number of halogens is 2. The second-order valence-electron chi connectivity index (χ2n) is 6.37. The molecule has 0 aromatic heterocycles. The smallest absolute Gasteiger partial charge is 0.291 e. The highest BCUT2D eigenvalue weighted by molar-refractivity contribution is 6.11. The van der Waals surface area contributed by atoms with E-state index in [1.54, 1.807) is 39.1 Å². The van der Waals surface area contributed by atoms with Crippen LogP contribution in [0.4, 0.5) is 8.78 Å². The van der Waals surface area contributed by atoms with E-state index in [4.69, 9.17) is 4.74 Å². The second-order valence-corrected chi connectivity index (χ2v) is 6.37. The summed E-state index contributed by atoms with van der Waals surface area (Å²) in [6, 6.07) is 0. The number of likely N-dealkylation sites (N-methyl/N-ethyl adjacent to an activating group) is 1. The van der Waals surface area contributed by atoms with Gasteiger partial charge in [0.2, 0.25) is 0 Å². The van der Waals surface area contributed by atoms with Gasteiger partial charge >= 0.3 is 0 Å². The van der Waals surface area contributed by atoms with Crippen molar-refractivity contribution in [3.63, 3.8) is 0 Å². The van der Waals surface area contributed by atoms with Crippen molar-refractivity contribution in [1.29, 1.82) is 0 Å². The summed E-state index contributed by atoms with van der Waals surface area (Å²) in [5, 5.41) is 2.91. The second kappa shape index (κ2) is 10.7. The zero-order chi connectivity index (χ0) is 21.3. The van der Waals surface area contributed by atoms with Gasteiger partial charge in [0, 0.05) is 49.4 Å². The first kappa shape index (κ1) is 23.4. The van der Waals surface area contributed by atoms with Gasteiger partial charge < -0.3 is 10.1 Å². The summed E-state index contributed by atoms with van der Waals surface area (Å²) in [4.78, 5) is 22.4. The van der Waals surface area contributed by atoms with Gasteiger partial charge in [-0.25, -0.2) is 0 Å². The van der Waals surface area contributed by atoms with E-state index >= 15 is 0 Å². The number of methoxy groups -OCH3 is 1. The molecule has 0 aromatic rings. The van der Waals surface area contributed by atoms with Crippen LogP contribution in [-0.2, 0) is 14.3 Å². The lowest BCUT2D eigenvalue weighted by Crippen LogP contribution is -2.20. The third kappa shape index (κ3) is 6.23. The lowest BCUT2D eigenvalue weighted by Gasteiger charge is -2.17. The fourth-order valence-corrected chi connectivity index (χ4v) is 2.67. The molecule has 0 radical (unpaired) electrons. The molecule has 0 aromatic carbocycles. The summed E-state index contributed by atoms with van der Waals surface area (Å²) in [5.41, 5.74) is 2.41. The Bertz CT molecular complexity index is 784. The quantitative estimate of drug-likeness (QED) is 0.713. The molecular formula is C22H27F2NO3. The highest BCUT2D eigenvalue weighted by Gasteiger charge is 2.30. The van der Waals surface area contributed by atoms with E-state index in [1.165, 1.54) is 13.2 Å². The van der Waals surface area contributed by atoms with Crippen LogP contribution < -0.4 is 5.32 Å². The first-order chi connectivity index (χ1) is 13.2. The molecule has 0 unspecified atom stereocenters. The van der Waals surface area contributed by atoms with Gasteiger partial charge in [-0.2, -0.15) is 8.78 Å². The maximum Gasteiger partial charge on any atom is 0.291 e. The van der Waals surface area contributed by atoms with Crippen molar-refractivity contribution in [2.75, 3.05) is 20.8 Å². The van der Waals surface area contributed by atoms with Crippen LogP contribution in [0.2, 0.25) is 0 Å². The Morgan fingerprint density at radius 3 is 2.39 bits per heavy atom. The molecule has 0 amide bonds. The number of nitrogens with one attached hydrogen (secondary N) is 1. The maximum absolute atomic E-state index is 13.5. The number of allylic oxidation sites excluding steroid dienone is 9. The Morgan fingerprint density at radius 1 is 1.18 bits per heavy atom. The molecule has 2 aliphatic carbocycles. The standard InChI is InChI=1S/C13H15F2N.C9H12O3/c1-4-13(14,15)12-9-8-11(16-3)7-5-6-10(12)2;1-6-7(5-12-2)9(11)4-3-8(6)10/h4-9,16H,1H2,2-3H3;3-5H2,1-2H3/b6-5?,7-5+,9-8?,10-6+,11-7?,11-8+,12-9+,12-10?;. The molecule has 28 heavy (non-hydrogen) atoms. The van der Waals surface area contributed by atoms with E-state index in [-0.39, 0.29) is 23.7 Å². The van der Waals surface area contributed by atoms with E-state index in [0.717, 1.165) is 5.70 Å². The number of hydrogen-bond donors (Lipinski definition) is 1. The van der Waals surface area contributed by atoms with Gasteiger partial charge in [0.05, 0.1) is 6.61 Å². The molecule has 152 valence electrons. The third-order valence-electron chi connectivity index (χ3n) is 4.46. The third-order valence-corrected chi connectivity index (χ3v) is 4.46. The largest absolute Gasteiger partial charge is 0.388 e. The van der Waals surface area contributed by atoms with Gasteiger partial charge in [-0.1, -0.05) is 24.8 Å². The first-order valence-electron chi connectivity index (χ1n) is 8.90. The maximum atomic E-state index is 13.5. The predicted molar refractivity (Wildman–Crippen MR) is 107 cm³/mol. The lowest BCUT2D eigenvalue weighted by molar-refractivity contribution is -0.122. The fourth-order valence-electron chi connectivity index (χ4n) is 2.67. The van der Waals surface area contributed by atoms with Crippen molar-refractivity contribution in [2.24, 2.45) is 0 Å². The van der Waals surface area contributed by atoms with Crippen LogP contribution in [0, 0.1) is 0 Å². The van der Waals surface area contributed by atoms with Crippen molar-refractivity contribution in [2.45, 2.75) is 32.6 Å². The molecular weight excluding hydrogens is 364 g/mol. The van der Waals surface area contributed by atoms with Crippen LogP contribution in [0.5, 0.6) is 0 Å². The van der Waals surface area contributed by atoms with E-state index in [9.17, 15) is 18.4 Å². The van der Waals surface area contributed by atoms with Crippen LogP contribution in [0.3, 0.4) is 0 Å². The van der Waals surface area contributed by atoms with Crippen LogP contribution in [0.15, 0.2) is 71.0 Å². The van der Waals surface area contributed by atoms with Gasteiger partial charge in [0.1, 0.15) is 0 Å². The van der Waals surface area contributed by atoms with Crippen LogP contribution in [-0.4, -0.2) is 38.3 Å². The van der Waals surface area contributed by atoms with Gasteiger partial charge in [-0.15, -0.1) is 0 Å². The van der Waals surface area contributed by atoms with E-state index in [2.05, 4.69) is 11.9 Å². The van der Waals surface area contributed by atoms with E-state index in [0.29, 0.717) is 35.6 Å². The Labute approximate surface area is 165 Å². The molecule has 2 rings (SSSR count). The highest BCUT2D eigenvalue weighted by Crippen LogP contribution is 2.31. The Hall–Kier alpha value is -2.60. The Morgan fingerprint density at radius 2 is 1.82 bits per heavy atom. The number of rotatable bonds is 5. The molecule has 6 heteroatoms. The molecule has 1 N–H and O–H groups in total. The molecule has 0 heterocycles. The minimum atomic E-state index is -3.00. The molecule has 2 aliphatic rings. The number of carbonyl (C=O) groups excluding carboxylic acids is 2. The van der Waals surface area contributed by atoms with Gasteiger partial charge in [-0.3, -0.25) is 9.59 Å². The number of alkyl halides is 2. The van der Waals surface area contributed by atoms with Crippen molar-refractivity contribution >= 4 is 11.6 Å². The fraction of sp³-hybridized carbons (Fsp3) is 0.364. The number of carbonyl (C=O) groups is 2. The van der Waals surface area contributed by atoms with Gasteiger partial charge in [-0.05, 0) is 37.6 Å². The monoisotopic (exact) mass is 391 g/mol. The average molecular weight is 391 g/mol. The van der Waals surface area contributed by atoms with Crippen LogP contribution in [0.25, 0.3) is 0 Å². The van der Waals surface area contributed by atoms with Gasteiger partial charge in [0.25, 0.3) is 5.92 Å². The summed E-state index contributed by atoms with van der Waals surface area (Å²) >= 11 is 0. The van der Waals surface area contributed by atoms with E-state index < -0.39 is 5.92 Å². The molecule has 0 fully saturated rings. The minimum absolute atomic E-state index is 0.0281. The number of Topliss-reactive ketones (excluding diaryl/α,β-unsaturated/α-hetero) is 2. The molecule has 0 spiro atoms. The van der Waals surface area contributed by atoms with E-state index in [1.807, 2.05) is 6.08 Å². The van der Waals surface area contributed by atoms with Crippen LogP contribution in [0.1, 0.15) is 26.7 Å². The topological polar surface area (TPSA) is 55.4 Å².